The number of carbonyl (C=O) groups is 3. The number of aromatic nitrogens is 3. The van der Waals surface area contributed by atoms with Gasteiger partial charge in [-0.2, -0.15) is 0 Å². The summed E-state index contributed by atoms with van der Waals surface area (Å²) in [6, 6.07) is 12.9. The topological polar surface area (TPSA) is 198 Å². The molecule has 0 saturated carbocycles. The van der Waals surface area contributed by atoms with Crippen molar-refractivity contribution in [1.29, 1.82) is 0 Å². The molecule has 4 aromatic rings. The Morgan fingerprint density at radius 1 is 0.886 bits per heavy atom. The normalized spacial score (nSPS) is 14.5. The van der Waals surface area contributed by atoms with E-state index in [9.17, 15) is 39.3 Å². The van der Waals surface area contributed by atoms with Crippen LogP contribution in [0.3, 0.4) is 0 Å². The van der Waals surface area contributed by atoms with Gasteiger partial charge in [-0.05, 0) is 65.6 Å². The van der Waals surface area contributed by atoms with Crippen molar-refractivity contribution < 1.29 is 81.1 Å². The van der Waals surface area contributed by atoms with Crippen molar-refractivity contribution in [3.63, 3.8) is 0 Å². The van der Waals surface area contributed by atoms with Crippen LogP contribution >= 0.6 is 0 Å². The van der Waals surface area contributed by atoms with Crippen LogP contribution in [0.4, 0.5) is 10.5 Å². The van der Waals surface area contributed by atoms with E-state index in [4.69, 9.17) is 0 Å². The maximum Gasteiger partial charge on any atom is 1.00 e. The number of allylic oxidation sites excluding steroid dienone is 4. The van der Waals surface area contributed by atoms with E-state index in [1.807, 2.05) is 0 Å². The molecule has 4 amide bonds. The fourth-order valence-corrected chi connectivity index (χ4v) is 4.23. The molecule has 0 bridgehead atoms. The number of nitrogens with zero attached hydrogens (tertiary/aromatic N) is 3. The van der Waals surface area contributed by atoms with Gasteiger partial charge in [0.15, 0.2) is 0 Å². The predicted octanol–water partition coefficient (Wildman–Crippen LogP) is -1.28. The number of urea groups is 1. The number of rotatable bonds is 6. The van der Waals surface area contributed by atoms with Crippen molar-refractivity contribution in [2.45, 2.75) is 0 Å². The van der Waals surface area contributed by atoms with Crippen LogP contribution in [0.5, 0.6) is 17.4 Å². The van der Waals surface area contributed by atoms with Crippen LogP contribution in [0.15, 0.2) is 106 Å². The smallest absolute Gasteiger partial charge is 0.860 e. The molecule has 1 fully saturated rings. The summed E-state index contributed by atoms with van der Waals surface area (Å²) in [5.74, 6) is -3.28. The summed E-state index contributed by atoms with van der Waals surface area (Å²) in [4.78, 5) is 70.7. The quantitative estimate of drug-likeness (QED) is 0.0881. The van der Waals surface area contributed by atoms with Gasteiger partial charge in [-0.3, -0.25) is 24.7 Å². The Kier molecular flexibility index (Phi) is 9.93. The third-order valence-electron chi connectivity index (χ3n) is 6.25. The predicted molar refractivity (Wildman–Crippen MR) is 152 cm³/mol. The number of H-pyrrole nitrogens is 1. The zero-order valence-electron chi connectivity index (χ0n) is 22.9. The first-order valence-corrected chi connectivity index (χ1v) is 12.5. The second kappa shape index (κ2) is 13.6. The van der Waals surface area contributed by atoms with Gasteiger partial charge in [0.25, 0.3) is 17.4 Å². The number of phenolic OH excluding ortho intramolecular Hbond substituents is 2. The molecule has 0 atom stereocenters. The molecule has 5 rings (SSSR count). The van der Waals surface area contributed by atoms with Crippen molar-refractivity contribution in [2.75, 3.05) is 4.90 Å². The van der Waals surface area contributed by atoms with Crippen molar-refractivity contribution >= 4 is 35.2 Å². The fraction of sp³-hybridized carbons (Fsp3) is 0. The Balaban J connectivity index is 0.00000442. The number of aromatic amines is 1. The maximum absolute atomic E-state index is 13.2. The minimum absolute atomic E-state index is 0. The van der Waals surface area contributed by atoms with Gasteiger partial charge >= 0.3 is 63.1 Å². The van der Waals surface area contributed by atoms with E-state index in [0.29, 0.717) is 20.6 Å². The van der Waals surface area contributed by atoms with Gasteiger partial charge in [-0.15, -0.1) is 0 Å². The zero-order chi connectivity index (χ0) is 30.7. The summed E-state index contributed by atoms with van der Waals surface area (Å²) < 4.78 is 0.691. The maximum atomic E-state index is 13.2. The number of phenols is 2. The number of carbonyl (C=O) groups excluding carboxylic acids is 3. The van der Waals surface area contributed by atoms with E-state index in [-0.39, 0.29) is 74.3 Å². The monoisotopic (exact) mass is 617 g/mol. The molecule has 4 N–H and O–H groups in total. The zero-order valence-corrected chi connectivity index (χ0v) is 26.0. The fourth-order valence-electron chi connectivity index (χ4n) is 4.23. The van der Waals surface area contributed by atoms with Crippen molar-refractivity contribution in [3.8, 4) is 23.1 Å². The summed E-state index contributed by atoms with van der Waals surface area (Å²) in [5, 5.41) is 34.3. The van der Waals surface area contributed by atoms with Crippen molar-refractivity contribution in [2.24, 2.45) is 0 Å². The molecule has 2 aromatic heterocycles. The summed E-state index contributed by atoms with van der Waals surface area (Å²) in [6.45, 7) is 0. The molecule has 14 heteroatoms. The first-order chi connectivity index (χ1) is 20.6. The number of amides is 4. The number of pyridine rings is 1. The minimum atomic E-state index is -1.000. The summed E-state index contributed by atoms with van der Waals surface area (Å²) in [5.41, 5.74) is -1.90. The van der Waals surface area contributed by atoms with Crippen molar-refractivity contribution in [3.05, 3.63) is 129 Å². The second-order valence-corrected chi connectivity index (χ2v) is 9.02. The Labute approximate surface area is 290 Å². The van der Waals surface area contributed by atoms with Crippen molar-refractivity contribution in [1.82, 2.24) is 19.9 Å². The van der Waals surface area contributed by atoms with Gasteiger partial charge in [-0.25, -0.2) is 19.1 Å². The number of aromatic hydroxyl groups is 2. The van der Waals surface area contributed by atoms with Gasteiger partial charge in [0, 0.05) is 30.1 Å². The minimum Gasteiger partial charge on any atom is -0.860 e. The number of hydrogen-bond acceptors (Lipinski definition) is 9. The largest absolute Gasteiger partial charge is 1.00 e. The summed E-state index contributed by atoms with van der Waals surface area (Å²) in [6.07, 6.45) is 7.99. The Hall–Kier alpha value is -4.86. The van der Waals surface area contributed by atoms with E-state index in [1.54, 1.807) is 12.1 Å². The third kappa shape index (κ3) is 6.69. The van der Waals surface area contributed by atoms with Gasteiger partial charge in [0.2, 0.25) is 0 Å². The van der Waals surface area contributed by atoms with E-state index in [0.717, 1.165) is 12.2 Å². The number of hydrogen-bond donors (Lipinski definition) is 4. The van der Waals surface area contributed by atoms with E-state index in [2.05, 4.69) is 15.3 Å². The Bertz CT molecular complexity index is 2000. The number of anilines is 1. The number of imide groups is 2. The van der Waals surface area contributed by atoms with E-state index >= 15 is 0 Å². The Morgan fingerprint density at radius 2 is 1.52 bits per heavy atom. The summed E-state index contributed by atoms with van der Waals surface area (Å²) >= 11 is 0. The van der Waals surface area contributed by atoms with Gasteiger partial charge in [0.1, 0.15) is 17.1 Å². The first-order valence-electron chi connectivity index (χ1n) is 12.5. The molecule has 0 radical (unpaired) electrons. The third-order valence-corrected chi connectivity index (χ3v) is 6.25. The number of nitrogens with one attached hydrogen (secondary N) is 2. The average molecular weight is 618 g/mol. The molecule has 1 aliphatic rings. The SMILES string of the molecule is O=C1NC(=O)N(c2cccc(O)c2)C(=O)C1=CC=C(C=Cc1c([O-])[nH]c(=O)n(-c2cccc(O)c2)c1=O)c1ccncc1.[K+]. The average Bonchev–Trinajstić information content (AvgIpc) is 2.96. The molecule has 0 aliphatic carbocycles. The van der Waals surface area contributed by atoms with Gasteiger partial charge in [0.05, 0.1) is 11.4 Å². The first kappa shape index (κ1) is 32.1. The van der Waals surface area contributed by atoms with Gasteiger partial charge in [-0.1, -0.05) is 24.3 Å². The van der Waals surface area contributed by atoms with Crippen LogP contribution < -0.4 is 78.0 Å². The standard InChI is InChI=1S/C30H21N5O8.K/c36-21-5-1-3-19(15-21)34-27(40)23(25(38)32-29(34)42)9-7-17(18-11-13-31-14-12-18)8-10-24-26(39)33-30(43)35(28(24)41)20-4-2-6-22(37)16-20;/h1-16,36-38H,(H,32,42)(H,33,39,43);/q;+1/p-1. The van der Waals surface area contributed by atoms with Crippen LogP contribution in [-0.4, -0.2) is 42.6 Å². The van der Waals surface area contributed by atoms with E-state index < -0.39 is 46.1 Å². The molecule has 3 heterocycles. The number of benzene rings is 2. The van der Waals surface area contributed by atoms with Crippen LogP contribution in [-0.2, 0) is 9.59 Å². The van der Waals surface area contributed by atoms with Crippen LogP contribution in [0.1, 0.15) is 11.1 Å². The molecule has 44 heavy (non-hydrogen) atoms. The van der Waals surface area contributed by atoms with Crippen LogP contribution in [0.2, 0.25) is 0 Å². The summed E-state index contributed by atoms with van der Waals surface area (Å²) in [7, 11) is 0. The van der Waals surface area contributed by atoms with Crippen LogP contribution in [0, 0.1) is 0 Å². The van der Waals surface area contributed by atoms with Crippen LogP contribution in [0.25, 0.3) is 17.3 Å². The molecule has 214 valence electrons. The van der Waals surface area contributed by atoms with E-state index in [1.165, 1.54) is 73.1 Å². The molecule has 13 nitrogen and oxygen atoms in total. The molecule has 0 unspecified atom stereocenters. The molecule has 2 aromatic carbocycles. The molecule has 1 saturated heterocycles. The Morgan fingerprint density at radius 3 is 2.18 bits per heavy atom. The van der Waals surface area contributed by atoms with Gasteiger partial charge < -0.3 is 20.3 Å². The molecular weight excluding hydrogens is 597 g/mol. The molecule has 0 spiro atoms. The molecule has 1 aliphatic heterocycles. The molecular formula is C30H20KN5O8. The second-order valence-electron chi connectivity index (χ2n) is 9.02. The number of barbiturate groups is 1.